The van der Waals surface area contributed by atoms with Crippen LogP contribution >= 0.6 is 27.5 Å². The number of rotatable bonds is 1. The molecule has 0 aliphatic carbocycles. The van der Waals surface area contributed by atoms with Crippen LogP contribution in [0.2, 0.25) is 5.02 Å². The number of benzene rings is 2. The molecule has 2 heterocycles. The molecule has 2 aromatic carbocycles. The van der Waals surface area contributed by atoms with Crippen molar-refractivity contribution in [2.75, 3.05) is 0 Å². The van der Waals surface area contributed by atoms with E-state index < -0.39 is 0 Å². The highest BCUT2D eigenvalue weighted by Crippen LogP contribution is 2.29. The molecule has 1 aliphatic heterocycles. The summed E-state index contributed by atoms with van der Waals surface area (Å²) < 4.78 is 3.80. The number of aromatic nitrogens is 2. The van der Waals surface area contributed by atoms with Gasteiger partial charge < -0.3 is 5.21 Å². The van der Waals surface area contributed by atoms with Gasteiger partial charge in [0.2, 0.25) is 12.3 Å². The highest BCUT2D eigenvalue weighted by molar-refractivity contribution is 9.10. The minimum absolute atomic E-state index is 0.167. The molecule has 3 aromatic rings. The fourth-order valence-corrected chi connectivity index (χ4v) is 3.44. The summed E-state index contributed by atoms with van der Waals surface area (Å²) in [4.78, 5) is 4.30. The Morgan fingerprint density at radius 3 is 2.83 bits per heavy atom. The molecule has 0 atom stereocenters. The summed E-state index contributed by atoms with van der Waals surface area (Å²) in [7, 11) is 0. The summed E-state index contributed by atoms with van der Waals surface area (Å²) in [6.45, 7) is 0.167. The Hall–Kier alpha value is -2.11. The molecule has 6 heteroatoms. The van der Waals surface area contributed by atoms with Crippen molar-refractivity contribution in [3.05, 3.63) is 86.5 Å². The number of nitrogens with zero attached hydrogens (tertiary/aromatic N) is 3. The van der Waals surface area contributed by atoms with Crippen LogP contribution in [0.1, 0.15) is 17.0 Å². The van der Waals surface area contributed by atoms with Crippen molar-refractivity contribution in [1.82, 2.24) is 9.55 Å². The first-order chi connectivity index (χ1) is 11.1. The summed E-state index contributed by atoms with van der Waals surface area (Å²) >= 11 is 9.84. The molecule has 114 valence electrons. The van der Waals surface area contributed by atoms with Gasteiger partial charge >= 0.3 is 0 Å². The van der Waals surface area contributed by atoms with Gasteiger partial charge in [0.1, 0.15) is 0 Å². The lowest BCUT2D eigenvalue weighted by Gasteiger charge is -2.12. The molecule has 23 heavy (non-hydrogen) atoms. The maximum atomic E-state index is 12.9. The van der Waals surface area contributed by atoms with Gasteiger partial charge in [-0.1, -0.05) is 39.7 Å². The predicted molar refractivity (Wildman–Crippen MR) is 93.3 cm³/mol. The number of hydrogen-bond acceptors (Lipinski definition) is 2. The monoisotopic (exact) mass is 387 g/mol. The first-order valence-corrected chi connectivity index (χ1v) is 8.21. The van der Waals surface area contributed by atoms with Gasteiger partial charge in [0.05, 0.1) is 21.8 Å². The molecule has 4 nitrogen and oxygen atoms in total. The second-order valence-electron chi connectivity index (χ2n) is 5.24. The molecule has 1 aliphatic rings. The van der Waals surface area contributed by atoms with Crippen molar-refractivity contribution in [2.24, 2.45) is 0 Å². The zero-order chi connectivity index (χ0) is 16.0. The van der Waals surface area contributed by atoms with Crippen LogP contribution in [0.15, 0.2) is 59.3 Å². The van der Waals surface area contributed by atoms with Crippen LogP contribution in [0.5, 0.6) is 0 Å². The fourth-order valence-electron chi connectivity index (χ4n) is 2.85. The third kappa shape index (κ3) is 2.36. The summed E-state index contributed by atoms with van der Waals surface area (Å²) in [5, 5.41) is 13.4. The Bertz CT molecular complexity index is 949. The zero-order valence-corrected chi connectivity index (χ0v) is 14.3. The van der Waals surface area contributed by atoms with Gasteiger partial charge in [-0.15, -0.1) is 0 Å². The lowest BCUT2D eigenvalue weighted by Crippen LogP contribution is -2.18. The molecule has 0 radical (unpaired) electrons. The SMILES string of the molecule is [O-][N+]1=C(c2ccccc2Cl)c2cc(Br)ccc2-n2ccnc2C1. The molecule has 0 bridgehead atoms. The van der Waals surface area contributed by atoms with Crippen LogP contribution in [0.4, 0.5) is 0 Å². The van der Waals surface area contributed by atoms with E-state index in [1.165, 1.54) is 0 Å². The average Bonchev–Trinajstić information content (AvgIpc) is 2.94. The molecule has 1 aromatic heterocycles. The molecule has 0 fully saturated rings. The Balaban J connectivity index is 2.07. The number of halogens is 2. The van der Waals surface area contributed by atoms with E-state index >= 15 is 0 Å². The molecule has 0 unspecified atom stereocenters. The van der Waals surface area contributed by atoms with Crippen LogP contribution in [0.3, 0.4) is 0 Å². The van der Waals surface area contributed by atoms with Crippen LogP contribution in [-0.2, 0) is 6.54 Å². The molecule has 0 N–H and O–H groups in total. The minimum atomic E-state index is 0.167. The normalized spacial score (nSPS) is 13.5. The Kier molecular flexibility index (Phi) is 3.47. The number of imidazole rings is 1. The van der Waals surface area contributed by atoms with Crippen LogP contribution in [0.25, 0.3) is 5.69 Å². The smallest absolute Gasteiger partial charge is 0.229 e. The summed E-state index contributed by atoms with van der Waals surface area (Å²) in [5.74, 6) is 0.700. The van der Waals surface area contributed by atoms with Gasteiger partial charge in [-0.3, -0.25) is 4.57 Å². The van der Waals surface area contributed by atoms with Crippen molar-refractivity contribution >= 4 is 33.2 Å². The topological polar surface area (TPSA) is 43.9 Å². The van der Waals surface area contributed by atoms with Gasteiger partial charge in [0, 0.05) is 16.9 Å². The zero-order valence-electron chi connectivity index (χ0n) is 11.9. The molecule has 0 saturated carbocycles. The minimum Gasteiger partial charge on any atom is -0.623 e. The van der Waals surface area contributed by atoms with Crippen LogP contribution in [0, 0.1) is 5.21 Å². The predicted octanol–water partition coefficient (Wildman–Crippen LogP) is 4.15. The Morgan fingerprint density at radius 1 is 1.17 bits per heavy atom. The lowest BCUT2D eigenvalue weighted by atomic mass is 10.0. The largest absolute Gasteiger partial charge is 0.623 e. The fraction of sp³-hybridized carbons (Fsp3) is 0.0588. The second-order valence-corrected chi connectivity index (χ2v) is 6.56. The highest BCUT2D eigenvalue weighted by atomic mass is 79.9. The van der Waals surface area contributed by atoms with E-state index in [2.05, 4.69) is 20.9 Å². The van der Waals surface area contributed by atoms with Gasteiger partial charge in [-0.05, 0) is 30.3 Å². The van der Waals surface area contributed by atoms with Crippen LogP contribution in [-0.4, -0.2) is 20.0 Å². The molecular weight excluding hydrogens is 378 g/mol. The standard InChI is InChI=1S/C17H11BrClN3O/c18-11-5-6-15-13(9-11)17(12-3-1-2-4-14(12)19)22(23)10-16-20-7-8-21(15)16/h1-9H,10H2. The average molecular weight is 389 g/mol. The van der Waals surface area contributed by atoms with E-state index in [9.17, 15) is 5.21 Å². The van der Waals surface area contributed by atoms with Gasteiger partial charge in [0.25, 0.3) is 0 Å². The molecule has 0 amide bonds. The summed E-state index contributed by atoms with van der Waals surface area (Å²) in [6.07, 6.45) is 3.57. The third-order valence-electron chi connectivity index (χ3n) is 3.85. The van der Waals surface area contributed by atoms with Gasteiger partial charge in [-0.25, -0.2) is 4.98 Å². The molecule has 0 spiro atoms. The number of hydroxylamine groups is 1. The van der Waals surface area contributed by atoms with E-state index in [0.717, 1.165) is 20.5 Å². The van der Waals surface area contributed by atoms with Crippen LogP contribution < -0.4 is 0 Å². The first kappa shape index (κ1) is 14.5. The van der Waals surface area contributed by atoms with E-state index in [-0.39, 0.29) is 6.54 Å². The van der Waals surface area contributed by atoms with Crippen molar-refractivity contribution in [1.29, 1.82) is 0 Å². The Morgan fingerprint density at radius 2 is 2.00 bits per heavy atom. The second kappa shape index (κ2) is 5.51. The van der Waals surface area contributed by atoms with E-state index in [0.29, 0.717) is 22.1 Å². The summed E-state index contributed by atoms with van der Waals surface area (Å²) in [6, 6.07) is 13.2. The van der Waals surface area contributed by atoms with Crippen molar-refractivity contribution < 1.29 is 4.74 Å². The Labute approximate surface area is 146 Å². The quantitative estimate of drug-likeness (QED) is 0.464. The maximum absolute atomic E-state index is 12.9. The highest BCUT2D eigenvalue weighted by Gasteiger charge is 2.27. The molecule has 4 rings (SSSR count). The molecule has 0 saturated heterocycles. The van der Waals surface area contributed by atoms with E-state index in [4.69, 9.17) is 11.6 Å². The molecular formula is C17H11BrClN3O. The maximum Gasteiger partial charge on any atom is 0.229 e. The van der Waals surface area contributed by atoms with E-state index in [1.807, 2.05) is 47.2 Å². The summed E-state index contributed by atoms with van der Waals surface area (Å²) in [5.41, 5.74) is 3.00. The van der Waals surface area contributed by atoms with E-state index in [1.54, 1.807) is 12.3 Å². The number of hydrogen-bond donors (Lipinski definition) is 0. The lowest BCUT2D eigenvalue weighted by molar-refractivity contribution is -0.475. The van der Waals surface area contributed by atoms with Gasteiger partial charge in [-0.2, -0.15) is 4.74 Å². The third-order valence-corrected chi connectivity index (χ3v) is 4.68. The van der Waals surface area contributed by atoms with Crippen molar-refractivity contribution in [3.8, 4) is 5.69 Å². The van der Waals surface area contributed by atoms with Gasteiger partial charge in [0.15, 0.2) is 5.82 Å². The number of fused-ring (bicyclic) bond motifs is 3. The van der Waals surface area contributed by atoms with Crippen molar-refractivity contribution in [3.63, 3.8) is 0 Å². The first-order valence-electron chi connectivity index (χ1n) is 7.04. The van der Waals surface area contributed by atoms with Crippen molar-refractivity contribution in [2.45, 2.75) is 6.54 Å².